The SMILES string of the molecule is COCCOc1ccc(C(F)(F)F)cc1NC(=O)COC(=O)/C=C/c1ccc(O)c(OC)c1. The molecule has 2 rings (SSSR count). The normalized spacial score (nSPS) is 11.3. The molecule has 0 aliphatic rings. The van der Waals surface area contributed by atoms with E-state index < -0.39 is 30.2 Å². The summed E-state index contributed by atoms with van der Waals surface area (Å²) in [7, 11) is 2.80. The second-order valence-corrected chi connectivity index (χ2v) is 6.47. The van der Waals surface area contributed by atoms with Crippen LogP contribution in [0.2, 0.25) is 0 Å². The van der Waals surface area contributed by atoms with Crippen LogP contribution in [0.25, 0.3) is 6.08 Å². The zero-order valence-electron chi connectivity index (χ0n) is 17.8. The predicted octanol–water partition coefficient (Wildman–Crippen LogP) is 3.64. The third kappa shape index (κ3) is 8.04. The molecule has 2 aromatic carbocycles. The Morgan fingerprint density at radius 3 is 2.48 bits per heavy atom. The first-order valence-electron chi connectivity index (χ1n) is 9.48. The maximum atomic E-state index is 13.0. The van der Waals surface area contributed by atoms with E-state index in [9.17, 15) is 27.9 Å². The van der Waals surface area contributed by atoms with E-state index in [1.54, 1.807) is 0 Å². The van der Waals surface area contributed by atoms with Gasteiger partial charge in [-0.05, 0) is 42.0 Å². The van der Waals surface area contributed by atoms with E-state index >= 15 is 0 Å². The van der Waals surface area contributed by atoms with E-state index in [1.807, 2.05) is 0 Å². The maximum absolute atomic E-state index is 13.0. The van der Waals surface area contributed by atoms with E-state index in [0.717, 1.165) is 24.3 Å². The monoisotopic (exact) mass is 469 g/mol. The van der Waals surface area contributed by atoms with Gasteiger partial charge in [-0.2, -0.15) is 13.2 Å². The molecule has 33 heavy (non-hydrogen) atoms. The zero-order chi connectivity index (χ0) is 24.4. The minimum Gasteiger partial charge on any atom is -0.504 e. The molecule has 2 aromatic rings. The minimum atomic E-state index is -4.63. The van der Waals surface area contributed by atoms with Crippen LogP contribution in [-0.2, 0) is 25.2 Å². The van der Waals surface area contributed by atoms with E-state index in [4.69, 9.17) is 18.9 Å². The first kappa shape index (κ1) is 25.5. The van der Waals surface area contributed by atoms with Gasteiger partial charge in [0, 0.05) is 13.2 Å². The summed E-state index contributed by atoms with van der Waals surface area (Å²) in [6.45, 7) is -0.506. The summed E-state index contributed by atoms with van der Waals surface area (Å²) < 4.78 is 59.0. The summed E-state index contributed by atoms with van der Waals surface area (Å²) in [4.78, 5) is 24.0. The molecule has 0 atom stereocenters. The third-order valence-electron chi connectivity index (χ3n) is 4.09. The Kier molecular flexibility index (Phi) is 9.10. The fourth-order valence-corrected chi connectivity index (χ4v) is 2.50. The number of hydrogen-bond donors (Lipinski definition) is 2. The van der Waals surface area contributed by atoms with Gasteiger partial charge >= 0.3 is 12.1 Å². The van der Waals surface area contributed by atoms with Gasteiger partial charge in [0.15, 0.2) is 18.1 Å². The Labute approximate surface area is 187 Å². The summed E-state index contributed by atoms with van der Waals surface area (Å²) in [5.74, 6) is -1.60. The highest BCUT2D eigenvalue weighted by Crippen LogP contribution is 2.35. The lowest BCUT2D eigenvalue weighted by Gasteiger charge is -2.15. The number of methoxy groups -OCH3 is 2. The van der Waals surface area contributed by atoms with Gasteiger partial charge in [0.25, 0.3) is 5.91 Å². The van der Waals surface area contributed by atoms with Crippen LogP contribution in [0, 0.1) is 0 Å². The Morgan fingerprint density at radius 2 is 1.82 bits per heavy atom. The van der Waals surface area contributed by atoms with Crippen LogP contribution in [-0.4, -0.2) is 51.0 Å². The van der Waals surface area contributed by atoms with Gasteiger partial charge in [-0.1, -0.05) is 6.07 Å². The average molecular weight is 469 g/mol. The molecule has 0 spiro atoms. The fourth-order valence-electron chi connectivity index (χ4n) is 2.50. The average Bonchev–Trinajstić information content (AvgIpc) is 2.77. The molecular weight excluding hydrogens is 447 g/mol. The van der Waals surface area contributed by atoms with Crippen molar-refractivity contribution in [3.05, 3.63) is 53.6 Å². The number of hydrogen-bond acceptors (Lipinski definition) is 7. The molecule has 0 aliphatic carbocycles. The molecule has 1 amide bonds. The Balaban J connectivity index is 2.00. The number of carbonyl (C=O) groups excluding carboxylic acids is 2. The van der Waals surface area contributed by atoms with Crippen molar-refractivity contribution < 1.29 is 46.8 Å². The number of rotatable bonds is 10. The first-order valence-corrected chi connectivity index (χ1v) is 9.48. The van der Waals surface area contributed by atoms with E-state index in [0.29, 0.717) is 5.56 Å². The van der Waals surface area contributed by atoms with Crippen molar-refractivity contribution in [2.24, 2.45) is 0 Å². The quantitative estimate of drug-likeness (QED) is 0.311. The number of phenols is 1. The molecule has 178 valence electrons. The number of nitrogens with one attached hydrogen (secondary N) is 1. The molecule has 0 fully saturated rings. The standard InChI is InChI=1S/C22H22F3NO7/c1-30-9-10-32-18-7-5-15(22(23,24)25)12-16(18)26-20(28)13-33-21(29)8-4-14-3-6-17(27)19(11-14)31-2/h3-8,11-12,27H,9-10,13H2,1-2H3,(H,26,28)/b8-4+. The second kappa shape index (κ2) is 11.8. The molecule has 0 radical (unpaired) electrons. The highest BCUT2D eigenvalue weighted by atomic mass is 19.4. The second-order valence-electron chi connectivity index (χ2n) is 6.47. The van der Waals surface area contributed by atoms with Gasteiger partial charge in [0.2, 0.25) is 0 Å². The number of benzene rings is 2. The summed E-state index contributed by atoms with van der Waals surface area (Å²) >= 11 is 0. The smallest absolute Gasteiger partial charge is 0.416 e. The Bertz CT molecular complexity index is 1010. The summed E-state index contributed by atoms with van der Waals surface area (Å²) in [6.07, 6.45) is -2.21. The van der Waals surface area contributed by atoms with Crippen LogP contribution in [0.1, 0.15) is 11.1 Å². The fraction of sp³-hybridized carbons (Fsp3) is 0.273. The number of amides is 1. The van der Waals surface area contributed by atoms with Crippen LogP contribution in [0.4, 0.5) is 18.9 Å². The number of phenolic OH excluding ortho intramolecular Hbond substituents is 1. The van der Waals surface area contributed by atoms with Crippen molar-refractivity contribution in [1.29, 1.82) is 0 Å². The molecule has 0 unspecified atom stereocenters. The highest BCUT2D eigenvalue weighted by molar-refractivity contribution is 5.95. The molecule has 0 bridgehead atoms. The summed E-state index contributed by atoms with van der Waals surface area (Å²) in [5, 5.41) is 11.8. The molecule has 0 saturated carbocycles. The van der Waals surface area contributed by atoms with Crippen LogP contribution < -0.4 is 14.8 Å². The van der Waals surface area contributed by atoms with Gasteiger partial charge in [-0.25, -0.2) is 4.79 Å². The Hall–Kier alpha value is -3.73. The van der Waals surface area contributed by atoms with Gasteiger partial charge in [0.05, 0.1) is 25.0 Å². The summed E-state index contributed by atoms with van der Waals surface area (Å²) in [6, 6.07) is 6.99. The number of anilines is 1. The van der Waals surface area contributed by atoms with Crippen molar-refractivity contribution in [2.45, 2.75) is 6.18 Å². The van der Waals surface area contributed by atoms with E-state index in [-0.39, 0.29) is 36.1 Å². The topological polar surface area (TPSA) is 103 Å². The zero-order valence-corrected chi connectivity index (χ0v) is 17.8. The van der Waals surface area contributed by atoms with E-state index in [2.05, 4.69) is 5.32 Å². The molecule has 0 aliphatic heterocycles. The van der Waals surface area contributed by atoms with Crippen molar-refractivity contribution in [3.8, 4) is 17.2 Å². The predicted molar refractivity (Wildman–Crippen MR) is 112 cm³/mol. The van der Waals surface area contributed by atoms with Gasteiger partial charge in [-0.3, -0.25) is 4.79 Å². The lowest BCUT2D eigenvalue weighted by Crippen LogP contribution is -2.21. The van der Waals surface area contributed by atoms with Crippen molar-refractivity contribution in [3.63, 3.8) is 0 Å². The van der Waals surface area contributed by atoms with Crippen molar-refractivity contribution in [2.75, 3.05) is 39.4 Å². The maximum Gasteiger partial charge on any atom is 0.416 e. The van der Waals surface area contributed by atoms with Crippen molar-refractivity contribution >= 4 is 23.6 Å². The highest BCUT2D eigenvalue weighted by Gasteiger charge is 2.31. The van der Waals surface area contributed by atoms with Gasteiger partial charge in [-0.15, -0.1) is 0 Å². The Morgan fingerprint density at radius 1 is 1.06 bits per heavy atom. The van der Waals surface area contributed by atoms with Crippen LogP contribution in [0.5, 0.6) is 17.2 Å². The number of carbonyl (C=O) groups is 2. The number of halogens is 3. The molecule has 0 heterocycles. The van der Waals surface area contributed by atoms with E-state index in [1.165, 1.54) is 38.5 Å². The number of ether oxygens (including phenoxy) is 4. The number of alkyl halides is 3. The van der Waals surface area contributed by atoms with Gasteiger partial charge < -0.3 is 29.4 Å². The molecule has 0 saturated heterocycles. The third-order valence-corrected chi connectivity index (χ3v) is 4.09. The molecule has 2 N–H and O–H groups in total. The molecular formula is C22H22F3NO7. The van der Waals surface area contributed by atoms with Crippen LogP contribution in [0.3, 0.4) is 0 Å². The van der Waals surface area contributed by atoms with Crippen molar-refractivity contribution in [1.82, 2.24) is 0 Å². The number of esters is 1. The van der Waals surface area contributed by atoms with Crippen LogP contribution in [0.15, 0.2) is 42.5 Å². The first-order chi connectivity index (χ1) is 15.6. The minimum absolute atomic E-state index is 0.000833. The number of aromatic hydroxyl groups is 1. The molecule has 0 aromatic heterocycles. The summed E-state index contributed by atoms with van der Waals surface area (Å²) in [5.41, 5.74) is -0.692. The molecule has 11 heteroatoms. The lowest BCUT2D eigenvalue weighted by molar-refractivity contribution is -0.142. The van der Waals surface area contributed by atoms with Gasteiger partial charge in [0.1, 0.15) is 12.4 Å². The molecule has 8 nitrogen and oxygen atoms in total. The largest absolute Gasteiger partial charge is 0.504 e. The van der Waals surface area contributed by atoms with Crippen LogP contribution >= 0.6 is 0 Å². The lowest BCUT2D eigenvalue weighted by atomic mass is 10.1.